The van der Waals surface area contributed by atoms with Crippen LogP contribution in [0.15, 0.2) is 97.2 Å². The summed E-state index contributed by atoms with van der Waals surface area (Å²) in [4.78, 5) is 6.95. The van der Waals surface area contributed by atoms with Gasteiger partial charge >= 0.3 is 0 Å². The second kappa shape index (κ2) is 10.2. The van der Waals surface area contributed by atoms with E-state index < -0.39 is 0 Å². The summed E-state index contributed by atoms with van der Waals surface area (Å²) in [5.74, 6) is 0.846. The van der Waals surface area contributed by atoms with Crippen molar-refractivity contribution >= 4 is 33.8 Å². The van der Waals surface area contributed by atoms with Crippen molar-refractivity contribution in [3.8, 4) is 11.4 Å². The Morgan fingerprint density at radius 2 is 1.64 bits per heavy atom. The smallest absolute Gasteiger partial charge is 0.174 e. The molecular weight excluding hydrogens is 500 g/mol. The average molecular weight is 533 g/mol. The fourth-order valence-electron chi connectivity index (χ4n) is 5.77. The topological polar surface area (TPSA) is 42.3 Å². The zero-order valence-corrected chi connectivity index (χ0v) is 23.4. The summed E-state index contributed by atoms with van der Waals surface area (Å²) in [6.07, 6.45) is 1.96. The van der Waals surface area contributed by atoms with Gasteiger partial charge in [-0.25, -0.2) is 0 Å². The standard InChI is InChI=1S/C33H32N4OS/c1-21(2)38-26-17-15-25(16-18-26)37-32(31(35-33(37)39)29-13-7-8-19-34-29)28-20-22(3)36(23(28)4)30-14-9-11-24-10-5-6-12-27(24)30/h5-21,31-32H,1-4H3,(H,35,39)/t31-,32+/m0/s1. The van der Waals surface area contributed by atoms with Gasteiger partial charge in [0.2, 0.25) is 0 Å². The third-order valence-corrected chi connectivity index (χ3v) is 7.70. The number of rotatable bonds is 6. The van der Waals surface area contributed by atoms with Crippen LogP contribution in [0, 0.1) is 13.8 Å². The van der Waals surface area contributed by atoms with Gasteiger partial charge < -0.3 is 19.5 Å². The van der Waals surface area contributed by atoms with Crippen LogP contribution in [-0.4, -0.2) is 20.8 Å². The molecule has 5 aromatic rings. The van der Waals surface area contributed by atoms with Crippen LogP contribution in [0.1, 0.15) is 48.6 Å². The minimum Gasteiger partial charge on any atom is -0.491 e. The summed E-state index contributed by atoms with van der Waals surface area (Å²) in [6.45, 7) is 8.45. The van der Waals surface area contributed by atoms with E-state index in [1.807, 2.05) is 44.3 Å². The van der Waals surface area contributed by atoms with E-state index in [0.29, 0.717) is 5.11 Å². The molecule has 0 aliphatic carbocycles. The molecule has 2 aromatic heterocycles. The zero-order valence-electron chi connectivity index (χ0n) is 22.6. The summed E-state index contributed by atoms with van der Waals surface area (Å²) in [5, 5.41) is 6.73. The van der Waals surface area contributed by atoms with E-state index in [9.17, 15) is 0 Å². The van der Waals surface area contributed by atoms with E-state index in [2.05, 4.69) is 95.4 Å². The van der Waals surface area contributed by atoms with Crippen LogP contribution in [-0.2, 0) is 0 Å². The number of nitrogens with one attached hydrogen (secondary N) is 1. The number of anilines is 1. The molecule has 3 heterocycles. The number of aryl methyl sites for hydroxylation is 1. The van der Waals surface area contributed by atoms with Crippen LogP contribution < -0.4 is 15.0 Å². The van der Waals surface area contributed by atoms with Gasteiger partial charge in [0.05, 0.1) is 29.6 Å². The fourth-order valence-corrected chi connectivity index (χ4v) is 6.11. The summed E-state index contributed by atoms with van der Waals surface area (Å²) in [5.41, 5.74) is 6.73. The van der Waals surface area contributed by atoms with Crippen molar-refractivity contribution in [2.45, 2.75) is 45.9 Å². The van der Waals surface area contributed by atoms with Crippen LogP contribution in [0.2, 0.25) is 0 Å². The van der Waals surface area contributed by atoms with Gasteiger partial charge in [0.25, 0.3) is 0 Å². The molecule has 6 rings (SSSR count). The molecule has 1 aliphatic heterocycles. The van der Waals surface area contributed by atoms with Crippen LogP contribution in [0.5, 0.6) is 5.75 Å². The third-order valence-electron chi connectivity index (χ3n) is 7.38. The highest BCUT2D eigenvalue weighted by atomic mass is 32.1. The maximum absolute atomic E-state index is 5.97. The Hall–Kier alpha value is -4.16. The van der Waals surface area contributed by atoms with Crippen molar-refractivity contribution in [2.24, 2.45) is 0 Å². The molecule has 0 amide bonds. The molecule has 1 N–H and O–H groups in total. The predicted octanol–water partition coefficient (Wildman–Crippen LogP) is 7.61. The monoisotopic (exact) mass is 532 g/mol. The SMILES string of the molecule is Cc1cc([C@@H]2[C@H](c3ccccn3)NC(=S)N2c2ccc(OC(C)C)cc2)c(C)n1-c1cccc2ccccc12. The fraction of sp³-hybridized carbons (Fsp3) is 0.212. The van der Waals surface area contributed by atoms with Crippen molar-refractivity contribution in [3.05, 3.63) is 120 Å². The maximum atomic E-state index is 5.97. The van der Waals surface area contributed by atoms with E-state index in [0.717, 1.165) is 17.1 Å². The van der Waals surface area contributed by atoms with Crippen molar-refractivity contribution in [1.82, 2.24) is 14.9 Å². The average Bonchev–Trinajstić information content (AvgIpc) is 3.43. The predicted molar refractivity (Wildman–Crippen MR) is 163 cm³/mol. The van der Waals surface area contributed by atoms with E-state index >= 15 is 0 Å². The van der Waals surface area contributed by atoms with Crippen molar-refractivity contribution < 1.29 is 4.74 Å². The molecule has 3 aromatic carbocycles. The van der Waals surface area contributed by atoms with E-state index in [1.165, 1.54) is 33.4 Å². The van der Waals surface area contributed by atoms with Gasteiger partial charge in [0, 0.05) is 28.7 Å². The quantitative estimate of drug-likeness (QED) is 0.228. The maximum Gasteiger partial charge on any atom is 0.174 e. The molecule has 6 heteroatoms. The molecule has 1 aliphatic rings. The van der Waals surface area contributed by atoms with Crippen LogP contribution >= 0.6 is 12.2 Å². The van der Waals surface area contributed by atoms with Gasteiger partial charge in [-0.1, -0.05) is 42.5 Å². The third kappa shape index (κ3) is 4.55. The Morgan fingerprint density at radius 1 is 0.897 bits per heavy atom. The first kappa shape index (κ1) is 25.1. The lowest BCUT2D eigenvalue weighted by Gasteiger charge is -2.28. The van der Waals surface area contributed by atoms with Gasteiger partial charge in [-0.15, -0.1) is 0 Å². The number of hydrogen-bond donors (Lipinski definition) is 1. The van der Waals surface area contributed by atoms with E-state index in [1.54, 1.807) is 0 Å². The summed E-state index contributed by atoms with van der Waals surface area (Å²) >= 11 is 5.97. The molecule has 39 heavy (non-hydrogen) atoms. The number of pyridine rings is 1. The highest BCUT2D eigenvalue weighted by molar-refractivity contribution is 7.80. The Bertz CT molecular complexity index is 1640. The number of benzene rings is 3. The summed E-state index contributed by atoms with van der Waals surface area (Å²) in [7, 11) is 0. The highest BCUT2D eigenvalue weighted by Gasteiger charge is 2.42. The number of ether oxygens (including phenoxy) is 1. The molecule has 0 saturated carbocycles. The number of aromatic nitrogens is 2. The van der Waals surface area contributed by atoms with Crippen LogP contribution in [0.4, 0.5) is 5.69 Å². The van der Waals surface area contributed by atoms with Gasteiger partial charge in [-0.05, 0) is 99.4 Å². The number of thiocarbonyl (C=S) groups is 1. The lowest BCUT2D eigenvalue weighted by molar-refractivity contribution is 0.242. The molecule has 2 atom stereocenters. The Labute approximate surface area is 235 Å². The summed E-state index contributed by atoms with van der Waals surface area (Å²) in [6, 6.07) is 31.4. The van der Waals surface area contributed by atoms with Gasteiger partial charge in [-0.2, -0.15) is 0 Å². The molecular formula is C33H32N4OS. The van der Waals surface area contributed by atoms with Crippen molar-refractivity contribution in [2.75, 3.05) is 4.90 Å². The second-order valence-electron chi connectivity index (χ2n) is 10.3. The number of hydrogen-bond acceptors (Lipinski definition) is 3. The number of nitrogens with zero attached hydrogens (tertiary/aromatic N) is 3. The minimum absolute atomic E-state index is 0.0841. The van der Waals surface area contributed by atoms with Gasteiger partial charge in [0.1, 0.15) is 5.75 Å². The highest BCUT2D eigenvalue weighted by Crippen LogP contribution is 2.44. The lowest BCUT2D eigenvalue weighted by atomic mass is 9.96. The molecule has 0 unspecified atom stereocenters. The van der Waals surface area contributed by atoms with Crippen molar-refractivity contribution in [3.63, 3.8) is 0 Å². The summed E-state index contributed by atoms with van der Waals surface area (Å²) < 4.78 is 8.27. The van der Waals surface area contributed by atoms with Crippen LogP contribution in [0.3, 0.4) is 0 Å². The zero-order chi connectivity index (χ0) is 27.1. The van der Waals surface area contributed by atoms with Gasteiger partial charge in [-0.3, -0.25) is 4.98 Å². The molecule has 5 nitrogen and oxygen atoms in total. The molecule has 0 radical (unpaired) electrons. The Morgan fingerprint density at radius 3 is 2.38 bits per heavy atom. The van der Waals surface area contributed by atoms with Crippen LogP contribution in [0.25, 0.3) is 16.5 Å². The first-order valence-corrected chi connectivity index (χ1v) is 13.8. The second-order valence-corrected chi connectivity index (χ2v) is 10.7. The molecule has 0 spiro atoms. The van der Waals surface area contributed by atoms with Crippen molar-refractivity contribution in [1.29, 1.82) is 0 Å². The lowest BCUT2D eigenvalue weighted by Crippen LogP contribution is -2.29. The molecule has 1 saturated heterocycles. The Kier molecular flexibility index (Phi) is 6.57. The first-order chi connectivity index (χ1) is 18.9. The van der Waals surface area contributed by atoms with E-state index in [4.69, 9.17) is 21.9 Å². The Balaban J connectivity index is 1.50. The van der Waals surface area contributed by atoms with E-state index in [-0.39, 0.29) is 18.2 Å². The minimum atomic E-state index is -0.105. The normalized spacial score (nSPS) is 17.2. The molecule has 0 bridgehead atoms. The molecule has 196 valence electrons. The first-order valence-electron chi connectivity index (χ1n) is 13.4. The van der Waals surface area contributed by atoms with Gasteiger partial charge in [0.15, 0.2) is 5.11 Å². The molecule has 1 fully saturated rings. The largest absolute Gasteiger partial charge is 0.491 e. The number of fused-ring (bicyclic) bond motifs is 1.